The zero-order chi connectivity index (χ0) is 33.6. The summed E-state index contributed by atoms with van der Waals surface area (Å²) in [6, 6.07) is 77.1. The van der Waals surface area contributed by atoms with Crippen LogP contribution in [0.25, 0.3) is 10.8 Å². The quantitative estimate of drug-likeness (QED) is 0.116. The Bertz CT molecular complexity index is 2110. The monoisotopic (exact) mass is 676 g/mol. The third kappa shape index (κ3) is 5.75. The Labute approximate surface area is 296 Å². The van der Waals surface area contributed by atoms with Crippen molar-refractivity contribution in [2.45, 2.75) is 0 Å². The molecule has 0 aliphatic heterocycles. The van der Waals surface area contributed by atoms with Crippen LogP contribution in [0.3, 0.4) is 0 Å². The molecule has 0 spiro atoms. The van der Waals surface area contributed by atoms with Gasteiger partial charge in [0, 0.05) is 5.39 Å². The van der Waals surface area contributed by atoms with Gasteiger partial charge in [-0.15, -0.1) is 0 Å². The van der Waals surface area contributed by atoms with Crippen LogP contribution in [0, 0.1) is 0 Å². The van der Waals surface area contributed by atoms with Crippen LogP contribution in [-0.2, 0) is 0 Å². The summed E-state index contributed by atoms with van der Waals surface area (Å²) >= 11 is 0. The smallest absolute Gasteiger partial charge is 0.346 e. The molecule has 0 radical (unpaired) electrons. The molecule has 0 amide bonds. The molecule has 4 heteroatoms. The average molecular weight is 677 g/mol. The van der Waals surface area contributed by atoms with Crippen molar-refractivity contribution >= 4 is 58.5 Å². The molecule has 8 rings (SSSR count). The Balaban J connectivity index is 1.28. The van der Waals surface area contributed by atoms with Crippen molar-refractivity contribution in [3.8, 4) is 11.5 Å². The van der Waals surface area contributed by atoms with Gasteiger partial charge >= 0.3 is 16.6 Å². The van der Waals surface area contributed by atoms with Crippen LogP contribution in [0.4, 0.5) is 0 Å². The summed E-state index contributed by atoms with van der Waals surface area (Å²) < 4.78 is 15.0. The van der Waals surface area contributed by atoms with E-state index < -0.39 is 16.6 Å². The summed E-state index contributed by atoms with van der Waals surface area (Å²) in [5.74, 6) is 1.69. The van der Waals surface area contributed by atoms with Crippen LogP contribution in [0.15, 0.2) is 218 Å². The van der Waals surface area contributed by atoms with E-state index in [1.807, 2.05) is 0 Å². The minimum atomic E-state index is -2.99. The summed E-state index contributed by atoms with van der Waals surface area (Å²) in [6.45, 7) is 0. The molecular weight excluding hydrogens is 641 g/mol. The van der Waals surface area contributed by atoms with Gasteiger partial charge in [0.2, 0.25) is 0 Å². The van der Waals surface area contributed by atoms with Gasteiger partial charge in [0.15, 0.2) is 0 Å². The van der Waals surface area contributed by atoms with E-state index >= 15 is 0 Å². The predicted molar refractivity (Wildman–Crippen MR) is 213 cm³/mol. The maximum absolute atomic E-state index is 7.53. The average Bonchev–Trinajstić information content (AvgIpc) is 3.21. The van der Waals surface area contributed by atoms with E-state index in [1.54, 1.807) is 0 Å². The van der Waals surface area contributed by atoms with Gasteiger partial charge in [-0.05, 0) is 60.8 Å². The minimum Gasteiger partial charge on any atom is -0.530 e. The molecule has 50 heavy (non-hydrogen) atoms. The molecule has 0 fully saturated rings. The van der Waals surface area contributed by atoms with Crippen LogP contribution < -0.4 is 40.0 Å². The Morgan fingerprint density at radius 2 is 0.620 bits per heavy atom. The Hall–Kier alpha value is -5.95. The molecule has 0 aromatic heterocycles. The first-order chi connectivity index (χ1) is 24.8. The number of rotatable bonds is 10. The van der Waals surface area contributed by atoms with Crippen LogP contribution in [-0.4, -0.2) is 16.6 Å². The van der Waals surface area contributed by atoms with Gasteiger partial charge < -0.3 is 8.85 Å². The Morgan fingerprint density at radius 3 is 0.980 bits per heavy atom. The first kappa shape index (κ1) is 31.3. The molecule has 0 atom stereocenters. The lowest BCUT2D eigenvalue weighted by Crippen LogP contribution is -2.71. The molecular formula is C46H36O2Si2. The number of hydrogen-bond acceptors (Lipinski definition) is 2. The zero-order valence-corrected chi connectivity index (χ0v) is 29.6. The fourth-order valence-electron chi connectivity index (χ4n) is 7.12. The van der Waals surface area contributed by atoms with E-state index in [1.165, 1.54) is 31.1 Å². The van der Waals surface area contributed by atoms with Crippen molar-refractivity contribution in [3.63, 3.8) is 0 Å². The van der Waals surface area contributed by atoms with Gasteiger partial charge in [-0.3, -0.25) is 0 Å². The van der Waals surface area contributed by atoms with Crippen molar-refractivity contribution in [1.29, 1.82) is 0 Å². The van der Waals surface area contributed by atoms with Crippen molar-refractivity contribution in [1.82, 2.24) is 0 Å². The summed E-state index contributed by atoms with van der Waals surface area (Å²) in [7, 11) is -5.95. The SMILES string of the molecule is c1ccc([Si](Oc2ccc3c(O[Si](c4ccccc4)(c4ccccc4)c4ccccc4)cccc3c2)(c2ccccc2)c2ccccc2)cc1. The largest absolute Gasteiger partial charge is 0.530 e. The lowest BCUT2D eigenvalue weighted by Gasteiger charge is -2.34. The third-order valence-corrected chi connectivity index (χ3v) is 17.4. The fourth-order valence-corrected chi connectivity index (χ4v) is 14.8. The normalized spacial score (nSPS) is 11.6. The van der Waals surface area contributed by atoms with Gasteiger partial charge in [-0.2, -0.15) is 0 Å². The lowest BCUT2D eigenvalue weighted by molar-refractivity contribution is 0.576. The first-order valence-corrected chi connectivity index (χ1v) is 20.8. The predicted octanol–water partition coefficient (Wildman–Crippen LogP) is 6.93. The maximum atomic E-state index is 7.53. The molecule has 240 valence electrons. The third-order valence-electron chi connectivity index (χ3n) is 9.43. The topological polar surface area (TPSA) is 18.5 Å². The van der Waals surface area contributed by atoms with Crippen molar-refractivity contribution in [2.75, 3.05) is 0 Å². The Morgan fingerprint density at radius 1 is 0.280 bits per heavy atom. The maximum Gasteiger partial charge on any atom is 0.346 e. The van der Waals surface area contributed by atoms with E-state index in [0.29, 0.717) is 0 Å². The lowest BCUT2D eigenvalue weighted by atomic mass is 10.1. The molecule has 0 saturated carbocycles. The summed E-state index contributed by atoms with van der Waals surface area (Å²) in [4.78, 5) is 0. The van der Waals surface area contributed by atoms with Crippen molar-refractivity contribution < 1.29 is 8.85 Å². The second-order valence-corrected chi connectivity index (χ2v) is 19.0. The van der Waals surface area contributed by atoms with Crippen LogP contribution in [0.2, 0.25) is 0 Å². The van der Waals surface area contributed by atoms with Crippen molar-refractivity contribution in [2.24, 2.45) is 0 Å². The molecule has 0 saturated heterocycles. The molecule has 0 aliphatic rings. The molecule has 8 aromatic carbocycles. The van der Waals surface area contributed by atoms with Gasteiger partial charge in [0.1, 0.15) is 11.5 Å². The standard InChI is InChI=1S/C46H36O2Si2/c1-7-21-39(22-8-1)49(40-23-9-2-10-24-40,41-25-11-3-12-26-41)47-38-34-35-45-37(36-38)20-19-33-46(45)48-50(42-27-13-4-14-28-42,43-29-15-5-16-30-43)44-31-17-6-18-32-44/h1-36H. The highest BCUT2D eigenvalue weighted by Gasteiger charge is 2.45. The Kier molecular flexibility index (Phi) is 8.70. The summed E-state index contributed by atoms with van der Waals surface area (Å²) in [5, 5.41) is 9.27. The van der Waals surface area contributed by atoms with Gasteiger partial charge in [-0.25, -0.2) is 0 Å². The molecule has 0 bridgehead atoms. The van der Waals surface area contributed by atoms with Gasteiger partial charge in [0.25, 0.3) is 0 Å². The van der Waals surface area contributed by atoms with Gasteiger partial charge in [-0.1, -0.05) is 194 Å². The van der Waals surface area contributed by atoms with E-state index in [0.717, 1.165) is 22.3 Å². The molecule has 0 unspecified atom stereocenters. The highest BCUT2D eigenvalue weighted by Crippen LogP contribution is 2.32. The van der Waals surface area contributed by atoms with Crippen LogP contribution in [0.1, 0.15) is 0 Å². The number of fused-ring (bicyclic) bond motifs is 1. The molecule has 2 nitrogen and oxygen atoms in total. The van der Waals surface area contributed by atoms with Crippen LogP contribution >= 0.6 is 0 Å². The highest BCUT2D eigenvalue weighted by atomic mass is 28.4. The van der Waals surface area contributed by atoms with E-state index in [-0.39, 0.29) is 0 Å². The highest BCUT2D eigenvalue weighted by molar-refractivity contribution is 7.08. The molecule has 0 N–H and O–H groups in total. The van der Waals surface area contributed by atoms with E-state index in [4.69, 9.17) is 8.85 Å². The van der Waals surface area contributed by atoms with Gasteiger partial charge in [0.05, 0.1) is 0 Å². The van der Waals surface area contributed by atoms with E-state index in [9.17, 15) is 0 Å². The minimum absolute atomic E-state index is 0.829. The fraction of sp³-hybridized carbons (Fsp3) is 0. The van der Waals surface area contributed by atoms with Crippen molar-refractivity contribution in [3.05, 3.63) is 218 Å². The molecule has 8 aromatic rings. The summed E-state index contributed by atoms with van der Waals surface area (Å²) in [5.41, 5.74) is 0. The van der Waals surface area contributed by atoms with E-state index in [2.05, 4.69) is 218 Å². The van der Waals surface area contributed by atoms with Crippen LogP contribution in [0.5, 0.6) is 11.5 Å². The number of benzene rings is 8. The second-order valence-electron chi connectivity index (χ2n) is 12.4. The second kappa shape index (κ2) is 13.9. The first-order valence-electron chi connectivity index (χ1n) is 17.0. The molecule has 0 heterocycles. The zero-order valence-electron chi connectivity index (χ0n) is 27.6. The number of hydrogen-bond donors (Lipinski definition) is 0. The summed E-state index contributed by atoms with van der Waals surface area (Å²) in [6.07, 6.45) is 0. The molecule has 0 aliphatic carbocycles.